The van der Waals surface area contributed by atoms with Crippen molar-refractivity contribution in [2.75, 3.05) is 19.5 Å². The summed E-state index contributed by atoms with van der Waals surface area (Å²) in [6.45, 7) is 1.62. The van der Waals surface area contributed by atoms with Gasteiger partial charge in [-0.25, -0.2) is 0 Å². The summed E-state index contributed by atoms with van der Waals surface area (Å²) in [4.78, 5) is 17.6. The Morgan fingerprint density at radius 1 is 0.903 bits per heavy atom. The van der Waals surface area contributed by atoms with Crippen LogP contribution >= 0.6 is 0 Å². The molecule has 0 fully saturated rings. The number of amides is 1. The summed E-state index contributed by atoms with van der Waals surface area (Å²) in [5.41, 5.74) is 1.38. The van der Waals surface area contributed by atoms with Gasteiger partial charge in [-0.15, -0.1) is 0 Å². The van der Waals surface area contributed by atoms with E-state index in [1.807, 2.05) is 30.3 Å². The Bertz CT molecular complexity index is 1020. The molecule has 0 spiro atoms. The predicted octanol–water partition coefficient (Wildman–Crippen LogP) is 4.87. The van der Waals surface area contributed by atoms with Crippen LogP contribution in [0.2, 0.25) is 0 Å². The van der Waals surface area contributed by atoms with Gasteiger partial charge in [0.1, 0.15) is 11.5 Å². The lowest BCUT2D eigenvalue weighted by molar-refractivity contribution is -0.126. The molecule has 31 heavy (non-hydrogen) atoms. The fourth-order valence-electron chi connectivity index (χ4n) is 2.64. The van der Waals surface area contributed by atoms with Crippen molar-refractivity contribution in [3.63, 3.8) is 0 Å². The molecule has 3 aromatic carbocycles. The van der Waals surface area contributed by atoms with Crippen LogP contribution in [-0.4, -0.2) is 32.4 Å². The van der Waals surface area contributed by atoms with E-state index < -0.39 is 6.10 Å². The summed E-state index contributed by atoms with van der Waals surface area (Å²) in [6, 6.07) is 21.9. The number of rotatable bonds is 9. The molecule has 0 saturated heterocycles. The Hall–Kier alpha value is -4.00. The molecule has 3 rings (SSSR count). The van der Waals surface area contributed by atoms with Gasteiger partial charge in [0.05, 0.1) is 20.4 Å². The highest BCUT2D eigenvalue weighted by Gasteiger charge is 2.14. The van der Waals surface area contributed by atoms with Crippen LogP contribution in [0, 0.1) is 0 Å². The van der Waals surface area contributed by atoms with E-state index in [9.17, 15) is 4.79 Å². The van der Waals surface area contributed by atoms with E-state index in [0.29, 0.717) is 22.9 Å². The first kappa shape index (κ1) is 21.7. The normalized spacial score (nSPS) is 11.6. The van der Waals surface area contributed by atoms with Gasteiger partial charge in [0.25, 0.3) is 5.91 Å². The average Bonchev–Trinajstić information content (AvgIpc) is 2.80. The van der Waals surface area contributed by atoms with Crippen LogP contribution in [0.15, 0.2) is 78.0 Å². The van der Waals surface area contributed by atoms with Crippen molar-refractivity contribution in [2.45, 2.75) is 13.0 Å². The molecule has 7 nitrogen and oxygen atoms in total. The smallest absolute Gasteiger partial charge is 0.267 e. The first-order valence-corrected chi connectivity index (χ1v) is 9.64. The van der Waals surface area contributed by atoms with Gasteiger partial charge in [0.15, 0.2) is 11.5 Å². The van der Waals surface area contributed by atoms with Gasteiger partial charge < -0.3 is 24.4 Å². The fraction of sp³-hybridized carbons (Fsp3) is 0.167. The molecule has 3 aromatic rings. The standard InChI is InChI=1S/C24H24N2O5/c1-17(31-25-16-18-9-14-22(28-2)23(15-18)29-3)24(27)26-19-10-12-21(13-11-19)30-20-7-5-4-6-8-20/h4-17H,1-3H3,(H,26,27). The summed E-state index contributed by atoms with van der Waals surface area (Å²) in [7, 11) is 3.13. The minimum absolute atomic E-state index is 0.318. The molecule has 160 valence electrons. The van der Waals surface area contributed by atoms with E-state index in [-0.39, 0.29) is 5.91 Å². The van der Waals surface area contributed by atoms with E-state index in [4.69, 9.17) is 19.0 Å². The second-order valence-corrected chi connectivity index (χ2v) is 6.53. The third kappa shape index (κ3) is 6.24. The molecule has 1 atom stereocenters. The summed E-state index contributed by atoms with van der Waals surface area (Å²) in [5, 5.41) is 6.68. The van der Waals surface area contributed by atoms with Gasteiger partial charge >= 0.3 is 0 Å². The van der Waals surface area contributed by atoms with Crippen LogP contribution in [0.1, 0.15) is 12.5 Å². The molecule has 0 heterocycles. The maximum Gasteiger partial charge on any atom is 0.267 e. The second kappa shape index (κ2) is 10.7. The average molecular weight is 420 g/mol. The number of hydrogen-bond acceptors (Lipinski definition) is 6. The number of nitrogens with zero attached hydrogens (tertiary/aromatic N) is 1. The number of anilines is 1. The predicted molar refractivity (Wildman–Crippen MR) is 119 cm³/mol. The van der Waals surface area contributed by atoms with Crippen molar-refractivity contribution in [3.8, 4) is 23.0 Å². The largest absolute Gasteiger partial charge is 0.493 e. The van der Waals surface area contributed by atoms with Crippen molar-refractivity contribution in [2.24, 2.45) is 5.16 Å². The molecular formula is C24H24N2O5. The topological polar surface area (TPSA) is 78.4 Å². The molecule has 1 amide bonds. The minimum Gasteiger partial charge on any atom is -0.493 e. The number of hydrogen-bond donors (Lipinski definition) is 1. The SMILES string of the molecule is COc1ccc(C=NOC(C)C(=O)Nc2ccc(Oc3ccccc3)cc2)cc1OC. The minimum atomic E-state index is -0.781. The summed E-state index contributed by atoms with van der Waals surface area (Å²) in [6.07, 6.45) is 0.721. The second-order valence-electron chi connectivity index (χ2n) is 6.53. The molecule has 0 radical (unpaired) electrons. The van der Waals surface area contributed by atoms with Gasteiger partial charge in [0, 0.05) is 11.3 Å². The van der Waals surface area contributed by atoms with Crippen molar-refractivity contribution >= 4 is 17.8 Å². The lowest BCUT2D eigenvalue weighted by Crippen LogP contribution is -2.26. The number of ether oxygens (including phenoxy) is 3. The maximum absolute atomic E-state index is 12.3. The highest BCUT2D eigenvalue weighted by Crippen LogP contribution is 2.27. The highest BCUT2D eigenvalue weighted by atomic mass is 16.6. The van der Waals surface area contributed by atoms with Crippen molar-refractivity contribution in [3.05, 3.63) is 78.4 Å². The lowest BCUT2D eigenvalue weighted by Gasteiger charge is -2.11. The van der Waals surface area contributed by atoms with E-state index in [0.717, 1.165) is 11.3 Å². The summed E-state index contributed by atoms with van der Waals surface area (Å²) < 4.78 is 16.2. The van der Waals surface area contributed by atoms with Crippen LogP contribution in [-0.2, 0) is 9.63 Å². The first-order chi connectivity index (χ1) is 15.1. The molecular weight excluding hydrogens is 396 g/mol. The van der Waals surface area contributed by atoms with E-state index >= 15 is 0 Å². The molecule has 0 aliphatic heterocycles. The quantitative estimate of drug-likeness (QED) is 0.395. The number of benzene rings is 3. The Labute approximate surface area is 181 Å². The van der Waals surface area contributed by atoms with Gasteiger partial charge in [-0.2, -0.15) is 0 Å². The van der Waals surface area contributed by atoms with Crippen molar-refractivity contribution < 1.29 is 23.8 Å². The molecule has 0 aromatic heterocycles. The first-order valence-electron chi connectivity index (χ1n) is 9.64. The summed E-state index contributed by atoms with van der Waals surface area (Å²) >= 11 is 0. The summed E-state index contributed by atoms with van der Waals surface area (Å²) in [5.74, 6) is 2.30. The third-order valence-electron chi connectivity index (χ3n) is 4.30. The Balaban J connectivity index is 1.51. The fourth-order valence-corrected chi connectivity index (χ4v) is 2.64. The van der Waals surface area contributed by atoms with Crippen LogP contribution in [0.3, 0.4) is 0 Å². The molecule has 0 saturated carbocycles. The van der Waals surface area contributed by atoms with Gasteiger partial charge in [0.2, 0.25) is 6.10 Å². The zero-order chi connectivity index (χ0) is 22.1. The number of nitrogens with one attached hydrogen (secondary N) is 1. The lowest BCUT2D eigenvalue weighted by atomic mass is 10.2. The molecule has 0 aliphatic rings. The Kier molecular flexibility index (Phi) is 7.48. The molecule has 0 bridgehead atoms. The van der Waals surface area contributed by atoms with Crippen LogP contribution in [0.5, 0.6) is 23.0 Å². The van der Waals surface area contributed by atoms with E-state index in [1.165, 1.54) is 6.21 Å². The monoisotopic (exact) mass is 420 g/mol. The van der Waals surface area contributed by atoms with Crippen LogP contribution < -0.4 is 19.5 Å². The molecule has 1 N–H and O–H groups in total. The van der Waals surface area contributed by atoms with Crippen molar-refractivity contribution in [1.82, 2.24) is 0 Å². The number of para-hydroxylation sites is 1. The van der Waals surface area contributed by atoms with E-state index in [2.05, 4.69) is 10.5 Å². The van der Waals surface area contributed by atoms with Crippen LogP contribution in [0.4, 0.5) is 5.69 Å². The third-order valence-corrected chi connectivity index (χ3v) is 4.30. The number of methoxy groups -OCH3 is 2. The molecule has 7 heteroatoms. The zero-order valence-corrected chi connectivity index (χ0v) is 17.6. The Morgan fingerprint density at radius 3 is 2.26 bits per heavy atom. The zero-order valence-electron chi connectivity index (χ0n) is 17.6. The molecule has 0 aliphatic carbocycles. The Morgan fingerprint density at radius 2 is 1.58 bits per heavy atom. The van der Waals surface area contributed by atoms with Gasteiger partial charge in [-0.1, -0.05) is 23.4 Å². The molecule has 1 unspecified atom stereocenters. The number of carbonyl (C=O) groups excluding carboxylic acids is 1. The van der Waals surface area contributed by atoms with Gasteiger partial charge in [-0.3, -0.25) is 4.79 Å². The van der Waals surface area contributed by atoms with Crippen molar-refractivity contribution in [1.29, 1.82) is 0 Å². The van der Waals surface area contributed by atoms with Gasteiger partial charge in [-0.05, 0) is 61.5 Å². The number of carbonyl (C=O) groups is 1. The van der Waals surface area contributed by atoms with E-state index in [1.54, 1.807) is 63.6 Å². The number of oxime groups is 1. The highest BCUT2D eigenvalue weighted by molar-refractivity contribution is 5.94. The van der Waals surface area contributed by atoms with Crippen LogP contribution in [0.25, 0.3) is 0 Å². The maximum atomic E-state index is 12.3.